The molecule has 0 aliphatic carbocycles. The topological polar surface area (TPSA) is 17.8 Å². The summed E-state index contributed by atoms with van der Waals surface area (Å²) in [5, 5.41) is -0.295. The lowest BCUT2D eigenvalue weighted by molar-refractivity contribution is 0.629. The van der Waals surface area contributed by atoms with Crippen LogP contribution in [0.3, 0.4) is 0 Å². The Kier molecular flexibility index (Phi) is 4.08. The van der Waals surface area contributed by atoms with Gasteiger partial charge in [0, 0.05) is 15.0 Å². The van der Waals surface area contributed by atoms with Crippen LogP contribution >= 0.6 is 43.5 Å². The first-order valence-electron chi connectivity index (χ1n) is 6.25. The number of nitrogens with zero attached hydrogens (tertiary/aromatic N) is 2. The number of aromatic nitrogens is 2. The summed E-state index contributed by atoms with van der Waals surface area (Å²) in [7, 11) is 0. The van der Waals surface area contributed by atoms with Crippen LogP contribution in [-0.4, -0.2) is 9.55 Å². The van der Waals surface area contributed by atoms with Crippen LogP contribution < -0.4 is 0 Å². The van der Waals surface area contributed by atoms with Crippen LogP contribution in [0.1, 0.15) is 18.1 Å². The Morgan fingerprint density at radius 2 is 1.95 bits per heavy atom. The summed E-state index contributed by atoms with van der Waals surface area (Å²) in [4.78, 5) is 4.53. The second-order valence-electron chi connectivity index (χ2n) is 4.65. The molecule has 2 aromatic carbocycles. The Hall–Kier alpha value is -0.910. The van der Waals surface area contributed by atoms with Gasteiger partial charge in [0.05, 0.1) is 22.1 Å². The van der Waals surface area contributed by atoms with Gasteiger partial charge in [0.2, 0.25) is 0 Å². The molecule has 0 aliphatic rings. The molecule has 2 nitrogen and oxygen atoms in total. The van der Waals surface area contributed by atoms with Crippen molar-refractivity contribution in [3.63, 3.8) is 0 Å². The highest BCUT2D eigenvalue weighted by atomic mass is 79.9. The summed E-state index contributed by atoms with van der Waals surface area (Å²) in [6.07, 6.45) is 0. The van der Waals surface area contributed by atoms with Gasteiger partial charge in [-0.3, -0.25) is 4.57 Å². The minimum Gasteiger partial charge on any atom is -0.294 e. The summed E-state index contributed by atoms with van der Waals surface area (Å²) < 4.78 is 17.3. The molecule has 1 unspecified atom stereocenters. The first kappa shape index (κ1) is 15.0. The van der Waals surface area contributed by atoms with Crippen LogP contribution in [0, 0.1) is 5.82 Å². The molecule has 0 saturated carbocycles. The fraction of sp³-hybridized carbons (Fsp3) is 0.133. The largest absolute Gasteiger partial charge is 0.294 e. The summed E-state index contributed by atoms with van der Waals surface area (Å²) >= 11 is 13.2. The van der Waals surface area contributed by atoms with Gasteiger partial charge in [-0.2, -0.15) is 0 Å². The molecule has 108 valence electrons. The predicted octanol–water partition coefficient (Wildman–Crippen LogP) is 5.99. The third kappa shape index (κ3) is 2.74. The molecule has 6 heteroatoms. The number of fused-ring (bicyclic) bond motifs is 1. The predicted molar refractivity (Wildman–Crippen MR) is 90.7 cm³/mol. The summed E-state index contributed by atoms with van der Waals surface area (Å²) in [6.45, 7) is 1.85. The molecule has 0 spiro atoms. The first-order valence-corrected chi connectivity index (χ1v) is 8.27. The van der Waals surface area contributed by atoms with Crippen molar-refractivity contribution in [2.75, 3.05) is 0 Å². The number of hydrogen-bond acceptors (Lipinski definition) is 1. The zero-order valence-electron chi connectivity index (χ0n) is 10.9. The first-order chi connectivity index (χ1) is 9.97. The fourth-order valence-electron chi connectivity index (χ4n) is 2.25. The zero-order chi connectivity index (χ0) is 15.1. The quantitative estimate of drug-likeness (QED) is 0.455. The number of hydrogen-bond donors (Lipinski definition) is 0. The SMILES string of the molecule is CC(Cl)c1nc2ccc(F)cc2n1-c1ccc(Br)cc1Br. The van der Waals surface area contributed by atoms with E-state index in [9.17, 15) is 4.39 Å². The highest BCUT2D eigenvalue weighted by molar-refractivity contribution is 9.11. The minimum absolute atomic E-state index is 0.295. The van der Waals surface area contributed by atoms with Gasteiger partial charge in [0.25, 0.3) is 0 Å². The second kappa shape index (κ2) is 5.71. The number of rotatable bonds is 2. The van der Waals surface area contributed by atoms with E-state index in [1.54, 1.807) is 6.07 Å². The Balaban J connectivity index is 2.38. The van der Waals surface area contributed by atoms with Crippen molar-refractivity contribution in [2.45, 2.75) is 12.3 Å². The maximum atomic E-state index is 13.6. The van der Waals surface area contributed by atoms with E-state index in [4.69, 9.17) is 11.6 Å². The van der Waals surface area contributed by atoms with Crippen molar-refractivity contribution in [1.82, 2.24) is 9.55 Å². The molecular weight excluding hydrogens is 422 g/mol. The van der Waals surface area contributed by atoms with E-state index in [1.165, 1.54) is 12.1 Å². The lowest BCUT2D eigenvalue weighted by Gasteiger charge is -2.12. The Morgan fingerprint density at radius 3 is 2.62 bits per heavy atom. The van der Waals surface area contributed by atoms with Gasteiger partial charge < -0.3 is 0 Å². The van der Waals surface area contributed by atoms with Crippen molar-refractivity contribution in [3.05, 3.63) is 57.0 Å². The van der Waals surface area contributed by atoms with Crippen LogP contribution in [-0.2, 0) is 0 Å². The van der Waals surface area contributed by atoms with E-state index in [-0.39, 0.29) is 11.2 Å². The maximum Gasteiger partial charge on any atom is 0.132 e. The van der Waals surface area contributed by atoms with Crippen LogP contribution in [0.15, 0.2) is 45.3 Å². The van der Waals surface area contributed by atoms with Gasteiger partial charge in [0.15, 0.2) is 0 Å². The molecule has 0 amide bonds. The van der Waals surface area contributed by atoms with Gasteiger partial charge >= 0.3 is 0 Å². The van der Waals surface area contributed by atoms with E-state index in [2.05, 4.69) is 36.8 Å². The molecule has 0 N–H and O–H groups in total. The van der Waals surface area contributed by atoms with Gasteiger partial charge in [-0.1, -0.05) is 15.9 Å². The van der Waals surface area contributed by atoms with Gasteiger partial charge in [-0.05, 0) is 53.2 Å². The molecule has 0 saturated heterocycles. The van der Waals surface area contributed by atoms with E-state index in [0.717, 1.165) is 14.6 Å². The third-order valence-corrected chi connectivity index (χ3v) is 4.47. The zero-order valence-corrected chi connectivity index (χ0v) is 14.9. The lowest BCUT2D eigenvalue weighted by Crippen LogP contribution is -2.02. The minimum atomic E-state index is -0.300. The van der Waals surface area contributed by atoms with Crippen molar-refractivity contribution in [2.24, 2.45) is 0 Å². The van der Waals surface area contributed by atoms with Gasteiger partial charge in [0.1, 0.15) is 11.6 Å². The summed E-state index contributed by atoms with van der Waals surface area (Å²) in [6, 6.07) is 10.3. The monoisotopic (exact) mass is 430 g/mol. The number of imidazole rings is 1. The molecular formula is C15H10Br2ClFN2. The molecule has 0 fully saturated rings. The molecule has 1 aromatic heterocycles. The number of benzene rings is 2. The van der Waals surface area contributed by atoms with Crippen LogP contribution in [0.2, 0.25) is 0 Å². The molecule has 3 rings (SSSR count). The van der Waals surface area contributed by atoms with Gasteiger partial charge in [-0.15, -0.1) is 11.6 Å². The van der Waals surface area contributed by atoms with Crippen molar-refractivity contribution in [3.8, 4) is 5.69 Å². The van der Waals surface area contributed by atoms with Crippen LogP contribution in [0.5, 0.6) is 0 Å². The summed E-state index contributed by atoms with van der Waals surface area (Å²) in [5.74, 6) is 0.381. The fourth-order valence-corrected chi connectivity index (χ4v) is 3.62. The average Bonchev–Trinajstić information content (AvgIpc) is 2.77. The summed E-state index contributed by atoms with van der Waals surface area (Å²) in [5.41, 5.74) is 2.28. The van der Waals surface area contributed by atoms with Crippen molar-refractivity contribution in [1.29, 1.82) is 0 Å². The smallest absolute Gasteiger partial charge is 0.132 e. The molecule has 0 bridgehead atoms. The van der Waals surface area contributed by atoms with E-state index < -0.39 is 0 Å². The Labute approximate surface area is 143 Å². The molecule has 21 heavy (non-hydrogen) atoms. The molecule has 3 aromatic rings. The van der Waals surface area contributed by atoms with Crippen molar-refractivity contribution >= 4 is 54.5 Å². The third-order valence-electron chi connectivity index (χ3n) is 3.15. The van der Waals surface area contributed by atoms with Crippen LogP contribution in [0.4, 0.5) is 4.39 Å². The number of halogens is 4. The Bertz CT molecular complexity index is 830. The molecule has 1 atom stereocenters. The molecule has 1 heterocycles. The number of alkyl halides is 1. The molecule has 0 radical (unpaired) electrons. The normalized spacial score (nSPS) is 12.8. The van der Waals surface area contributed by atoms with Gasteiger partial charge in [-0.25, -0.2) is 9.37 Å². The van der Waals surface area contributed by atoms with E-state index >= 15 is 0 Å². The maximum absolute atomic E-state index is 13.6. The second-order valence-corrected chi connectivity index (χ2v) is 7.07. The van der Waals surface area contributed by atoms with E-state index in [1.807, 2.05) is 29.7 Å². The van der Waals surface area contributed by atoms with Crippen LogP contribution in [0.25, 0.3) is 16.7 Å². The molecule has 0 aliphatic heterocycles. The standard InChI is InChI=1S/C15H10Br2ClFN2/c1-8(18)15-20-12-4-3-10(19)7-14(12)21(15)13-5-2-9(16)6-11(13)17/h2-8H,1H3. The van der Waals surface area contributed by atoms with E-state index in [0.29, 0.717) is 16.9 Å². The highest BCUT2D eigenvalue weighted by Gasteiger charge is 2.18. The Morgan fingerprint density at radius 1 is 1.19 bits per heavy atom. The lowest BCUT2D eigenvalue weighted by atomic mass is 10.2. The van der Waals surface area contributed by atoms with Crippen molar-refractivity contribution < 1.29 is 4.39 Å². The average molecular weight is 433 g/mol. The highest BCUT2D eigenvalue weighted by Crippen LogP contribution is 2.33.